The second-order valence-electron chi connectivity index (χ2n) is 6.02. The van der Waals surface area contributed by atoms with Crippen LogP contribution in [0, 0.1) is 0 Å². The van der Waals surface area contributed by atoms with Crippen molar-refractivity contribution < 1.29 is 8.42 Å². The summed E-state index contributed by atoms with van der Waals surface area (Å²) in [4.78, 5) is 14.7. The maximum atomic E-state index is 13.3. The van der Waals surface area contributed by atoms with Crippen molar-refractivity contribution in [1.29, 1.82) is 0 Å². The van der Waals surface area contributed by atoms with Crippen LogP contribution in [-0.2, 0) is 10.0 Å². The number of hydrogen-bond donors (Lipinski definition) is 1. The zero-order chi connectivity index (χ0) is 16.9. The highest BCUT2D eigenvalue weighted by Gasteiger charge is 2.35. The number of nitrogens with zero attached hydrogens (tertiary/aromatic N) is 1. The number of para-hydroxylation sites is 1. The number of anilines is 1. The third-order valence-corrected chi connectivity index (χ3v) is 6.36. The van der Waals surface area contributed by atoms with Gasteiger partial charge < -0.3 is 4.98 Å². The summed E-state index contributed by atoms with van der Waals surface area (Å²) < 4.78 is 28.0. The van der Waals surface area contributed by atoms with Gasteiger partial charge in [0.1, 0.15) is 0 Å². The van der Waals surface area contributed by atoms with Gasteiger partial charge in [0.15, 0.2) is 0 Å². The monoisotopic (exact) mass is 340 g/mol. The van der Waals surface area contributed by atoms with Gasteiger partial charge in [0, 0.05) is 29.4 Å². The van der Waals surface area contributed by atoms with Crippen molar-refractivity contribution in [1.82, 2.24) is 4.98 Å². The number of sulfonamides is 1. The van der Waals surface area contributed by atoms with Gasteiger partial charge in [-0.15, -0.1) is 0 Å². The first-order chi connectivity index (χ1) is 11.5. The van der Waals surface area contributed by atoms with Crippen LogP contribution in [0.3, 0.4) is 0 Å². The molecule has 1 unspecified atom stereocenters. The van der Waals surface area contributed by atoms with Gasteiger partial charge in [-0.25, -0.2) is 8.42 Å². The smallest absolute Gasteiger partial charge is 0.264 e. The van der Waals surface area contributed by atoms with E-state index in [1.54, 1.807) is 24.3 Å². The molecule has 2 aromatic carbocycles. The molecule has 0 amide bonds. The number of nitrogens with one attached hydrogen (secondary N) is 1. The van der Waals surface area contributed by atoms with Gasteiger partial charge in [0.2, 0.25) is 0 Å². The van der Waals surface area contributed by atoms with E-state index in [9.17, 15) is 13.2 Å². The predicted molar refractivity (Wildman–Crippen MR) is 94.0 cm³/mol. The molecular weight excluding hydrogens is 324 g/mol. The highest BCUT2D eigenvalue weighted by atomic mass is 32.2. The summed E-state index contributed by atoms with van der Waals surface area (Å²) in [6, 6.07) is 14.0. The van der Waals surface area contributed by atoms with Crippen molar-refractivity contribution in [2.75, 3.05) is 10.8 Å². The van der Waals surface area contributed by atoms with Gasteiger partial charge in [-0.3, -0.25) is 9.10 Å². The predicted octanol–water partition coefficient (Wildman–Crippen LogP) is 2.84. The minimum atomic E-state index is -3.75. The molecular formula is C18H16N2O3S. The van der Waals surface area contributed by atoms with Gasteiger partial charge in [0.05, 0.1) is 10.6 Å². The third-order valence-electron chi connectivity index (χ3n) is 4.52. The molecule has 4 rings (SSSR count). The second kappa shape index (κ2) is 5.21. The van der Waals surface area contributed by atoms with E-state index >= 15 is 0 Å². The van der Waals surface area contributed by atoms with Gasteiger partial charge in [-0.2, -0.15) is 0 Å². The Labute approximate surface area is 139 Å². The molecule has 0 bridgehead atoms. The number of hydrogen-bond acceptors (Lipinski definition) is 3. The van der Waals surface area contributed by atoms with Gasteiger partial charge in [-0.05, 0) is 29.8 Å². The summed E-state index contributed by atoms with van der Waals surface area (Å²) in [6.45, 7) is 2.42. The Morgan fingerprint density at radius 2 is 1.83 bits per heavy atom. The molecule has 122 valence electrons. The highest BCUT2D eigenvalue weighted by molar-refractivity contribution is 7.93. The fourth-order valence-electron chi connectivity index (χ4n) is 3.34. The molecule has 1 atom stereocenters. The first kappa shape index (κ1) is 15.0. The Morgan fingerprint density at radius 3 is 2.67 bits per heavy atom. The van der Waals surface area contributed by atoms with Crippen molar-refractivity contribution in [3.05, 3.63) is 70.6 Å². The Hall–Kier alpha value is -2.60. The Kier molecular flexibility index (Phi) is 3.25. The van der Waals surface area contributed by atoms with Crippen LogP contribution in [0.25, 0.3) is 10.8 Å². The lowest BCUT2D eigenvalue weighted by molar-refractivity contribution is 0.591. The molecule has 1 aromatic heterocycles. The SMILES string of the molecule is CC1CN(S(=O)(=O)c2cccc3c(=O)[nH]ccc23)c2ccccc21. The lowest BCUT2D eigenvalue weighted by Crippen LogP contribution is -2.30. The average Bonchev–Trinajstić information content (AvgIpc) is 2.93. The molecule has 5 nitrogen and oxygen atoms in total. The van der Waals surface area contributed by atoms with Crippen LogP contribution < -0.4 is 9.86 Å². The maximum Gasteiger partial charge on any atom is 0.264 e. The molecule has 0 fully saturated rings. The van der Waals surface area contributed by atoms with Crippen LogP contribution in [0.4, 0.5) is 5.69 Å². The molecule has 0 aliphatic carbocycles. The van der Waals surface area contributed by atoms with Crippen molar-refractivity contribution in [2.45, 2.75) is 17.7 Å². The molecule has 0 saturated heterocycles. The van der Waals surface area contributed by atoms with Gasteiger partial charge in [-0.1, -0.05) is 31.2 Å². The number of aromatic nitrogens is 1. The summed E-state index contributed by atoms with van der Waals surface area (Å²) in [5.41, 5.74) is 1.45. The number of aromatic amines is 1. The minimum absolute atomic E-state index is 0.134. The summed E-state index contributed by atoms with van der Waals surface area (Å²) in [5, 5.41) is 0.817. The number of H-pyrrole nitrogens is 1. The highest BCUT2D eigenvalue weighted by Crippen LogP contribution is 2.39. The van der Waals surface area contributed by atoms with E-state index in [-0.39, 0.29) is 16.4 Å². The Balaban J connectivity index is 1.95. The molecule has 6 heteroatoms. The van der Waals surface area contributed by atoms with E-state index in [0.29, 0.717) is 23.0 Å². The average molecular weight is 340 g/mol. The van der Waals surface area contributed by atoms with Crippen LogP contribution in [0.5, 0.6) is 0 Å². The van der Waals surface area contributed by atoms with Crippen LogP contribution in [0.15, 0.2) is 64.4 Å². The number of rotatable bonds is 2. The fourth-order valence-corrected chi connectivity index (χ4v) is 5.13. The molecule has 2 heterocycles. The van der Waals surface area contributed by atoms with Gasteiger partial charge in [0.25, 0.3) is 15.6 Å². The molecule has 3 aromatic rings. The number of benzene rings is 2. The van der Waals surface area contributed by atoms with E-state index in [4.69, 9.17) is 0 Å². The molecule has 0 spiro atoms. The molecule has 0 radical (unpaired) electrons. The molecule has 1 aliphatic heterocycles. The zero-order valence-electron chi connectivity index (χ0n) is 13.1. The van der Waals surface area contributed by atoms with E-state index in [1.165, 1.54) is 10.5 Å². The molecule has 1 N–H and O–H groups in total. The largest absolute Gasteiger partial charge is 0.329 e. The lowest BCUT2D eigenvalue weighted by atomic mass is 10.0. The summed E-state index contributed by atoms with van der Waals surface area (Å²) in [5.74, 6) is 0.134. The number of fused-ring (bicyclic) bond motifs is 2. The van der Waals surface area contributed by atoms with Crippen LogP contribution in [-0.4, -0.2) is 19.9 Å². The first-order valence-corrected chi connectivity index (χ1v) is 9.16. The van der Waals surface area contributed by atoms with Crippen molar-refractivity contribution in [3.8, 4) is 0 Å². The third kappa shape index (κ3) is 2.06. The summed E-state index contributed by atoms with van der Waals surface area (Å²) in [6.07, 6.45) is 1.48. The minimum Gasteiger partial charge on any atom is -0.329 e. The summed E-state index contributed by atoms with van der Waals surface area (Å²) >= 11 is 0. The van der Waals surface area contributed by atoms with Crippen LogP contribution in [0.2, 0.25) is 0 Å². The maximum absolute atomic E-state index is 13.3. The van der Waals surface area contributed by atoms with Crippen molar-refractivity contribution in [3.63, 3.8) is 0 Å². The lowest BCUT2D eigenvalue weighted by Gasteiger charge is -2.20. The topological polar surface area (TPSA) is 70.2 Å². The first-order valence-electron chi connectivity index (χ1n) is 7.72. The zero-order valence-corrected chi connectivity index (χ0v) is 13.9. The van der Waals surface area contributed by atoms with E-state index < -0.39 is 10.0 Å². The van der Waals surface area contributed by atoms with Crippen LogP contribution >= 0.6 is 0 Å². The second-order valence-corrected chi connectivity index (χ2v) is 7.85. The molecule has 24 heavy (non-hydrogen) atoms. The van der Waals surface area contributed by atoms with Crippen LogP contribution in [0.1, 0.15) is 18.4 Å². The quantitative estimate of drug-likeness (QED) is 0.780. The normalized spacial score (nSPS) is 17.2. The fraction of sp³-hybridized carbons (Fsp3) is 0.167. The van der Waals surface area contributed by atoms with E-state index in [0.717, 1.165) is 5.56 Å². The van der Waals surface area contributed by atoms with E-state index in [2.05, 4.69) is 4.98 Å². The Morgan fingerprint density at radius 1 is 1.04 bits per heavy atom. The van der Waals surface area contributed by atoms with Crippen molar-refractivity contribution in [2.24, 2.45) is 0 Å². The summed E-state index contributed by atoms with van der Waals surface area (Å²) in [7, 11) is -3.75. The van der Waals surface area contributed by atoms with E-state index in [1.807, 2.05) is 31.2 Å². The number of pyridine rings is 1. The molecule has 0 saturated carbocycles. The standard InChI is InChI=1S/C18H16N2O3S/c1-12-11-20(16-7-3-2-5-13(12)16)24(22,23)17-8-4-6-15-14(17)9-10-19-18(15)21/h2-10,12H,11H2,1H3,(H,19,21). The van der Waals surface area contributed by atoms with Crippen molar-refractivity contribution >= 4 is 26.5 Å². The Bertz CT molecular complexity index is 1100. The molecule has 1 aliphatic rings. The van der Waals surface area contributed by atoms with Gasteiger partial charge >= 0.3 is 0 Å².